The fourth-order valence-corrected chi connectivity index (χ4v) is 1.84. The number of anilines is 1. The van der Waals surface area contributed by atoms with Gasteiger partial charge in [0.15, 0.2) is 5.69 Å². The smallest absolute Gasteiger partial charge is 0.276 e. The Balaban J connectivity index is 2.21. The maximum absolute atomic E-state index is 12.0. The molecule has 0 unspecified atom stereocenters. The second-order valence-corrected chi connectivity index (χ2v) is 4.64. The normalized spacial score (nSPS) is 10.4. The molecule has 0 atom stereocenters. The minimum absolute atomic E-state index is 0.260. The van der Waals surface area contributed by atoms with E-state index in [1.54, 1.807) is 13.1 Å². The number of nitrogens with one attached hydrogen (secondary N) is 1. The molecule has 0 saturated heterocycles. The molecule has 4 nitrogen and oxygen atoms in total. The van der Waals surface area contributed by atoms with E-state index < -0.39 is 0 Å². The number of benzene rings is 1. The molecule has 18 heavy (non-hydrogen) atoms. The molecule has 0 fully saturated rings. The van der Waals surface area contributed by atoms with Crippen LogP contribution in [-0.2, 0) is 7.05 Å². The minimum Gasteiger partial charge on any atom is -0.320 e. The van der Waals surface area contributed by atoms with Gasteiger partial charge in [0.2, 0.25) is 0 Å². The van der Waals surface area contributed by atoms with Gasteiger partial charge in [-0.25, -0.2) is 0 Å². The van der Waals surface area contributed by atoms with Crippen molar-refractivity contribution < 1.29 is 4.79 Å². The molecule has 1 aromatic carbocycles. The molecule has 1 N–H and O–H groups in total. The molecule has 0 saturated carbocycles. The second kappa shape index (κ2) is 4.82. The molecule has 1 heterocycles. The van der Waals surface area contributed by atoms with Crippen LogP contribution in [0.15, 0.2) is 24.3 Å². The van der Waals surface area contributed by atoms with Crippen LogP contribution in [0.5, 0.6) is 0 Å². The van der Waals surface area contributed by atoms with Crippen molar-refractivity contribution >= 4 is 23.2 Å². The van der Waals surface area contributed by atoms with Crippen LogP contribution in [0, 0.1) is 13.8 Å². The molecular weight excluding hydrogens is 250 g/mol. The summed E-state index contributed by atoms with van der Waals surface area (Å²) in [5.41, 5.74) is 3.27. The highest BCUT2D eigenvalue weighted by molar-refractivity contribution is 6.30. The first kappa shape index (κ1) is 12.6. The van der Waals surface area contributed by atoms with Gasteiger partial charge >= 0.3 is 0 Å². The summed E-state index contributed by atoms with van der Waals surface area (Å²) in [6.45, 7) is 3.96. The molecule has 2 rings (SSSR count). The van der Waals surface area contributed by atoms with E-state index in [1.807, 2.05) is 32.0 Å². The summed E-state index contributed by atoms with van der Waals surface area (Å²) in [6, 6.07) is 7.39. The lowest BCUT2D eigenvalue weighted by atomic mass is 10.1. The van der Waals surface area contributed by atoms with Crippen molar-refractivity contribution in [3.63, 3.8) is 0 Å². The van der Waals surface area contributed by atoms with Crippen LogP contribution >= 0.6 is 11.6 Å². The number of halogens is 1. The van der Waals surface area contributed by atoms with Gasteiger partial charge in [-0.05, 0) is 25.5 Å². The Kier molecular flexibility index (Phi) is 3.39. The second-order valence-electron chi connectivity index (χ2n) is 4.25. The average molecular weight is 264 g/mol. The van der Waals surface area contributed by atoms with E-state index in [4.69, 9.17) is 11.6 Å². The van der Waals surface area contributed by atoms with E-state index in [1.165, 1.54) is 4.68 Å². The first-order valence-corrected chi connectivity index (χ1v) is 5.93. The van der Waals surface area contributed by atoms with Crippen molar-refractivity contribution in [2.24, 2.45) is 7.05 Å². The fourth-order valence-electron chi connectivity index (χ4n) is 1.70. The quantitative estimate of drug-likeness (QED) is 0.906. The Morgan fingerprint density at radius 1 is 1.33 bits per heavy atom. The summed E-state index contributed by atoms with van der Waals surface area (Å²) in [7, 11) is 1.69. The lowest BCUT2D eigenvalue weighted by Gasteiger charge is -2.07. The van der Waals surface area contributed by atoms with Crippen molar-refractivity contribution in [3.8, 4) is 0 Å². The molecule has 5 heteroatoms. The SMILES string of the molecule is Cc1ccc(NC(=O)c2cc(Cl)n(C)n2)c(C)c1. The number of carbonyl (C=O) groups is 1. The Hall–Kier alpha value is -1.81. The van der Waals surface area contributed by atoms with E-state index in [2.05, 4.69) is 10.4 Å². The predicted molar refractivity (Wildman–Crippen MR) is 72.1 cm³/mol. The third-order valence-electron chi connectivity index (χ3n) is 2.69. The molecule has 1 aromatic heterocycles. The van der Waals surface area contributed by atoms with Gasteiger partial charge in [-0.3, -0.25) is 9.48 Å². The maximum Gasteiger partial charge on any atom is 0.276 e. The maximum atomic E-state index is 12.0. The Labute approximate surface area is 111 Å². The summed E-state index contributed by atoms with van der Waals surface area (Å²) in [5.74, 6) is -0.260. The van der Waals surface area contributed by atoms with Crippen LogP contribution in [-0.4, -0.2) is 15.7 Å². The lowest BCUT2D eigenvalue weighted by Crippen LogP contribution is -2.13. The van der Waals surface area contributed by atoms with Crippen molar-refractivity contribution in [2.45, 2.75) is 13.8 Å². The molecule has 0 bridgehead atoms. The molecule has 0 aliphatic heterocycles. The van der Waals surface area contributed by atoms with Crippen LogP contribution in [0.3, 0.4) is 0 Å². The number of carbonyl (C=O) groups excluding carboxylic acids is 1. The number of amides is 1. The van der Waals surface area contributed by atoms with Crippen molar-refractivity contribution in [3.05, 3.63) is 46.2 Å². The van der Waals surface area contributed by atoms with Gasteiger partial charge in [-0.15, -0.1) is 0 Å². The number of aryl methyl sites for hydroxylation is 3. The van der Waals surface area contributed by atoms with Crippen LogP contribution in [0.25, 0.3) is 0 Å². The van der Waals surface area contributed by atoms with Gasteiger partial charge < -0.3 is 5.32 Å². The first-order valence-electron chi connectivity index (χ1n) is 5.55. The number of nitrogens with zero attached hydrogens (tertiary/aromatic N) is 2. The Bertz CT molecular complexity index is 585. The van der Waals surface area contributed by atoms with Crippen molar-refractivity contribution in [1.82, 2.24) is 9.78 Å². The van der Waals surface area contributed by atoms with Gasteiger partial charge in [-0.1, -0.05) is 29.3 Å². The average Bonchev–Trinajstić information content (AvgIpc) is 2.63. The van der Waals surface area contributed by atoms with Crippen LogP contribution < -0.4 is 5.32 Å². The number of rotatable bonds is 2. The molecular formula is C13H14ClN3O. The largest absolute Gasteiger partial charge is 0.320 e. The minimum atomic E-state index is -0.260. The van der Waals surface area contributed by atoms with E-state index in [-0.39, 0.29) is 5.91 Å². The molecule has 0 spiro atoms. The van der Waals surface area contributed by atoms with E-state index >= 15 is 0 Å². The highest BCUT2D eigenvalue weighted by Crippen LogP contribution is 2.17. The summed E-state index contributed by atoms with van der Waals surface area (Å²) in [5, 5.41) is 7.28. The monoisotopic (exact) mass is 263 g/mol. The molecule has 0 radical (unpaired) electrons. The van der Waals surface area contributed by atoms with Crippen molar-refractivity contribution in [2.75, 3.05) is 5.32 Å². The summed E-state index contributed by atoms with van der Waals surface area (Å²) in [6.07, 6.45) is 0. The van der Waals surface area contributed by atoms with Gasteiger partial charge in [-0.2, -0.15) is 5.10 Å². The molecule has 0 aliphatic rings. The van der Waals surface area contributed by atoms with Crippen LogP contribution in [0.1, 0.15) is 21.6 Å². The highest BCUT2D eigenvalue weighted by atomic mass is 35.5. The third kappa shape index (κ3) is 2.54. The summed E-state index contributed by atoms with van der Waals surface area (Å²) < 4.78 is 1.46. The molecule has 2 aromatic rings. The fraction of sp³-hybridized carbons (Fsp3) is 0.231. The van der Waals surface area contributed by atoms with Crippen molar-refractivity contribution in [1.29, 1.82) is 0 Å². The third-order valence-corrected chi connectivity index (χ3v) is 3.04. The summed E-state index contributed by atoms with van der Waals surface area (Å²) in [4.78, 5) is 12.0. The summed E-state index contributed by atoms with van der Waals surface area (Å²) >= 11 is 5.85. The molecule has 1 amide bonds. The van der Waals surface area contributed by atoms with Gasteiger partial charge in [0.25, 0.3) is 5.91 Å². The van der Waals surface area contributed by atoms with Crippen LogP contribution in [0.2, 0.25) is 5.15 Å². The standard InChI is InChI=1S/C13H14ClN3O/c1-8-4-5-10(9(2)6-8)15-13(18)11-7-12(14)17(3)16-11/h4-7H,1-3H3,(H,15,18). The number of hydrogen-bond acceptors (Lipinski definition) is 2. The Morgan fingerprint density at radius 3 is 2.61 bits per heavy atom. The first-order chi connectivity index (χ1) is 8.47. The topological polar surface area (TPSA) is 46.9 Å². The predicted octanol–water partition coefficient (Wildman–Crippen LogP) is 2.94. The molecule has 94 valence electrons. The van der Waals surface area contributed by atoms with E-state index in [9.17, 15) is 4.79 Å². The lowest BCUT2D eigenvalue weighted by molar-refractivity contribution is 0.102. The molecule has 0 aliphatic carbocycles. The van der Waals surface area contributed by atoms with Crippen LogP contribution in [0.4, 0.5) is 5.69 Å². The van der Waals surface area contributed by atoms with Gasteiger partial charge in [0, 0.05) is 18.8 Å². The zero-order valence-corrected chi connectivity index (χ0v) is 11.2. The number of aromatic nitrogens is 2. The zero-order chi connectivity index (χ0) is 13.3. The number of hydrogen-bond donors (Lipinski definition) is 1. The van der Waals surface area contributed by atoms with E-state index in [0.29, 0.717) is 10.8 Å². The Morgan fingerprint density at radius 2 is 2.06 bits per heavy atom. The van der Waals surface area contributed by atoms with Gasteiger partial charge in [0.1, 0.15) is 5.15 Å². The zero-order valence-electron chi connectivity index (χ0n) is 10.5. The van der Waals surface area contributed by atoms with Gasteiger partial charge in [0.05, 0.1) is 0 Å². The van der Waals surface area contributed by atoms with E-state index in [0.717, 1.165) is 16.8 Å². The highest BCUT2D eigenvalue weighted by Gasteiger charge is 2.12.